The van der Waals surface area contributed by atoms with Gasteiger partial charge in [0.15, 0.2) is 0 Å². The fraction of sp³-hybridized carbons (Fsp3) is 0.333. The van der Waals surface area contributed by atoms with Crippen molar-refractivity contribution in [3.63, 3.8) is 0 Å². The molecule has 2 heterocycles. The number of pyridine rings is 1. The third-order valence-corrected chi connectivity index (χ3v) is 4.00. The lowest BCUT2D eigenvalue weighted by molar-refractivity contribution is -0.139. The van der Waals surface area contributed by atoms with Crippen LogP contribution in [0, 0.1) is 5.95 Å². The van der Waals surface area contributed by atoms with Crippen LogP contribution in [0.3, 0.4) is 0 Å². The molecule has 2 aromatic rings. The molecule has 0 radical (unpaired) electrons. The van der Waals surface area contributed by atoms with Gasteiger partial charge in [0.1, 0.15) is 12.4 Å². The smallest absolute Gasteiger partial charge is 0.419 e. The van der Waals surface area contributed by atoms with E-state index >= 15 is 0 Å². The van der Waals surface area contributed by atoms with Crippen LogP contribution in [0.2, 0.25) is 0 Å². The maximum atomic E-state index is 13.6. The highest BCUT2D eigenvalue weighted by molar-refractivity contribution is 6.04. The largest absolute Gasteiger partial charge is 0.490 e. The van der Waals surface area contributed by atoms with Crippen molar-refractivity contribution in [2.24, 2.45) is 0 Å². The number of rotatable bonds is 5. The van der Waals surface area contributed by atoms with Gasteiger partial charge in [0.2, 0.25) is 5.95 Å². The molecule has 1 amide bonds. The first-order valence-electron chi connectivity index (χ1n) is 8.22. The lowest BCUT2D eigenvalue weighted by Crippen LogP contribution is -2.19. The Morgan fingerprint density at radius 2 is 2.15 bits per heavy atom. The molecule has 1 aliphatic heterocycles. The molecule has 0 aliphatic carbocycles. The van der Waals surface area contributed by atoms with Crippen LogP contribution < -0.4 is 10.1 Å². The van der Waals surface area contributed by atoms with Crippen LogP contribution in [0.25, 0.3) is 0 Å². The highest BCUT2D eigenvalue weighted by atomic mass is 19.4. The van der Waals surface area contributed by atoms with E-state index in [9.17, 15) is 22.4 Å². The van der Waals surface area contributed by atoms with Crippen LogP contribution in [0.4, 0.5) is 23.2 Å². The summed E-state index contributed by atoms with van der Waals surface area (Å²) in [7, 11) is 0. The number of amides is 1. The van der Waals surface area contributed by atoms with Gasteiger partial charge in [-0.2, -0.15) is 17.6 Å². The number of ether oxygens (including phenoxy) is 2. The molecule has 0 spiro atoms. The molecule has 1 N–H and O–H groups in total. The Hall–Kier alpha value is -2.68. The molecule has 1 fully saturated rings. The number of carbonyl (C=O) groups excluding carboxylic acids is 1. The molecule has 1 aromatic heterocycles. The van der Waals surface area contributed by atoms with E-state index in [1.807, 2.05) is 0 Å². The molecule has 9 heteroatoms. The maximum absolute atomic E-state index is 13.6. The van der Waals surface area contributed by atoms with Crippen molar-refractivity contribution in [1.82, 2.24) is 4.98 Å². The minimum atomic E-state index is -4.62. The van der Waals surface area contributed by atoms with E-state index in [0.717, 1.165) is 24.6 Å². The van der Waals surface area contributed by atoms with Gasteiger partial charge in [-0.15, -0.1) is 0 Å². The molecular formula is C18H16F4N2O3. The SMILES string of the molecule is O=C(Nc1ccc(C(F)(F)F)c(OCC2CCCO2)c1)c1cccnc1F. The Morgan fingerprint density at radius 3 is 2.81 bits per heavy atom. The van der Waals surface area contributed by atoms with E-state index in [2.05, 4.69) is 10.3 Å². The van der Waals surface area contributed by atoms with E-state index < -0.39 is 29.3 Å². The summed E-state index contributed by atoms with van der Waals surface area (Å²) in [6, 6.07) is 5.54. The molecule has 3 rings (SSSR count). The van der Waals surface area contributed by atoms with Gasteiger partial charge in [-0.1, -0.05) is 0 Å². The molecule has 144 valence electrons. The molecular weight excluding hydrogens is 368 g/mol. The first-order valence-corrected chi connectivity index (χ1v) is 8.22. The second-order valence-corrected chi connectivity index (χ2v) is 5.95. The third kappa shape index (κ3) is 4.73. The molecule has 5 nitrogen and oxygen atoms in total. The minimum Gasteiger partial charge on any atom is -0.490 e. The van der Waals surface area contributed by atoms with Gasteiger partial charge in [0, 0.05) is 24.6 Å². The Bertz CT molecular complexity index is 820. The fourth-order valence-corrected chi connectivity index (χ4v) is 2.67. The van der Waals surface area contributed by atoms with Crippen molar-refractivity contribution < 1.29 is 31.8 Å². The van der Waals surface area contributed by atoms with E-state index in [-0.39, 0.29) is 24.0 Å². The van der Waals surface area contributed by atoms with Gasteiger partial charge in [-0.3, -0.25) is 4.79 Å². The predicted molar refractivity (Wildman–Crippen MR) is 88.1 cm³/mol. The van der Waals surface area contributed by atoms with E-state index in [1.54, 1.807) is 0 Å². The zero-order valence-corrected chi connectivity index (χ0v) is 14.1. The van der Waals surface area contributed by atoms with Crippen molar-refractivity contribution in [1.29, 1.82) is 0 Å². The van der Waals surface area contributed by atoms with Crippen molar-refractivity contribution in [3.8, 4) is 5.75 Å². The van der Waals surface area contributed by atoms with Gasteiger partial charge in [0.25, 0.3) is 5.91 Å². The maximum Gasteiger partial charge on any atom is 0.419 e. The Kier molecular flexibility index (Phi) is 5.59. The van der Waals surface area contributed by atoms with E-state index in [0.29, 0.717) is 13.0 Å². The summed E-state index contributed by atoms with van der Waals surface area (Å²) in [6.45, 7) is 0.518. The molecule has 1 aromatic carbocycles. The number of benzene rings is 1. The van der Waals surface area contributed by atoms with Gasteiger partial charge < -0.3 is 14.8 Å². The van der Waals surface area contributed by atoms with Crippen LogP contribution in [0.5, 0.6) is 5.75 Å². The number of hydrogen-bond donors (Lipinski definition) is 1. The topological polar surface area (TPSA) is 60.5 Å². The van der Waals surface area contributed by atoms with Crippen LogP contribution in [-0.4, -0.2) is 30.2 Å². The van der Waals surface area contributed by atoms with Gasteiger partial charge in [-0.25, -0.2) is 4.98 Å². The normalized spacial score (nSPS) is 17.0. The zero-order chi connectivity index (χ0) is 19.4. The summed E-state index contributed by atoms with van der Waals surface area (Å²) >= 11 is 0. The average molecular weight is 384 g/mol. The number of nitrogens with zero attached hydrogens (tertiary/aromatic N) is 1. The molecule has 0 saturated carbocycles. The highest BCUT2D eigenvalue weighted by Gasteiger charge is 2.35. The first-order chi connectivity index (χ1) is 12.8. The molecule has 27 heavy (non-hydrogen) atoms. The fourth-order valence-electron chi connectivity index (χ4n) is 2.67. The number of hydrogen-bond acceptors (Lipinski definition) is 4. The number of alkyl halides is 3. The minimum absolute atomic E-state index is 0.0300. The number of carbonyl (C=O) groups is 1. The van der Waals surface area contributed by atoms with Crippen molar-refractivity contribution in [2.45, 2.75) is 25.1 Å². The monoisotopic (exact) mass is 384 g/mol. The number of nitrogens with one attached hydrogen (secondary N) is 1. The molecule has 1 atom stereocenters. The van der Waals surface area contributed by atoms with E-state index in [1.165, 1.54) is 18.3 Å². The van der Waals surface area contributed by atoms with Gasteiger partial charge in [0.05, 0.1) is 17.2 Å². The number of anilines is 1. The average Bonchev–Trinajstić information content (AvgIpc) is 3.13. The van der Waals surface area contributed by atoms with Gasteiger partial charge >= 0.3 is 6.18 Å². The van der Waals surface area contributed by atoms with Crippen LogP contribution >= 0.6 is 0 Å². The molecule has 1 saturated heterocycles. The Balaban J connectivity index is 1.80. The summed E-state index contributed by atoms with van der Waals surface area (Å²) in [5.41, 5.74) is -1.25. The van der Waals surface area contributed by atoms with Crippen molar-refractivity contribution in [2.75, 3.05) is 18.5 Å². The molecule has 1 aliphatic rings. The second kappa shape index (κ2) is 7.91. The number of halogens is 4. The summed E-state index contributed by atoms with van der Waals surface area (Å²) in [4.78, 5) is 15.5. The Morgan fingerprint density at radius 1 is 1.33 bits per heavy atom. The van der Waals surface area contributed by atoms with Crippen LogP contribution in [0.1, 0.15) is 28.8 Å². The summed E-state index contributed by atoms with van der Waals surface area (Å²) in [6.07, 6.45) is -2.18. The van der Waals surface area contributed by atoms with Crippen molar-refractivity contribution in [3.05, 3.63) is 53.6 Å². The predicted octanol–water partition coefficient (Wildman–Crippen LogP) is 4.05. The number of aromatic nitrogens is 1. The van der Waals surface area contributed by atoms with E-state index in [4.69, 9.17) is 9.47 Å². The summed E-state index contributed by atoms with van der Waals surface area (Å²) in [5, 5.41) is 2.35. The first kappa shape index (κ1) is 19.1. The standard InChI is InChI=1S/C18H16F4N2O3/c19-16-13(4-1-7-23-16)17(25)24-11-5-6-14(18(20,21)22)15(9-11)27-10-12-3-2-8-26-12/h1,4-7,9,12H,2-3,8,10H2,(H,24,25). The summed E-state index contributed by atoms with van der Waals surface area (Å²) < 4.78 is 63.8. The molecule has 0 bridgehead atoms. The van der Waals surface area contributed by atoms with Crippen molar-refractivity contribution >= 4 is 11.6 Å². The van der Waals surface area contributed by atoms with Gasteiger partial charge in [-0.05, 0) is 37.1 Å². The third-order valence-electron chi connectivity index (χ3n) is 4.00. The van der Waals surface area contributed by atoms with Crippen LogP contribution in [-0.2, 0) is 10.9 Å². The lowest BCUT2D eigenvalue weighted by Gasteiger charge is -2.17. The zero-order valence-electron chi connectivity index (χ0n) is 14.1. The highest BCUT2D eigenvalue weighted by Crippen LogP contribution is 2.38. The Labute approximate surface area is 152 Å². The molecule has 1 unspecified atom stereocenters. The second-order valence-electron chi connectivity index (χ2n) is 5.95. The van der Waals surface area contributed by atoms with Crippen LogP contribution in [0.15, 0.2) is 36.5 Å². The summed E-state index contributed by atoms with van der Waals surface area (Å²) in [5.74, 6) is -2.23. The lowest BCUT2D eigenvalue weighted by atomic mass is 10.1. The quantitative estimate of drug-likeness (QED) is 0.624.